The highest BCUT2D eigenvalue weighted by molar-refractivity contribution is 6.08. The number of nitrogens with zero attached hydrogens (tertiary/aromatic N) is 1. The fourth-order valence-electron chi connectivity index (χ4n) is 3.00. The zero-order chi connectivity index (χ0) is 18.4. The summed E-state index contributed by atoms with van der Waals surface area (Å²) in [4.78, 5) is 24.9. The monoisotopic (exact) mass is 341 g/mol. The van der Waals surface area contributed by atoms with Gasteiger partial charge >= 0.3 is 11.9 Å². The highest BCUT2D eigenvalue weighted by Gasteiger charge is 2.31. The van der Waals surface area contributed by atoms with Crippen molar-refractivity contribution in [2.75, 3.05) is 14.2 Å². The third-order valence-corrected chi connectivity index (χ3v) is 4.16. The second-order valence-corrected chi connectivity index (χ2v) is 5.63. The Morgan fingerprint density at radius 2 is 1.68 bits per heavy atom. The second kappa shape index (κ2) is 8.33. The molecule has 2 rings (SSSR count). The number of rotatable bonds is 7. The van der Waals surface area contributed by atoms with Crippen molar-refractivity contribution in [2.24, 2.45) is 7.05 Å². The lowest BCUT2D eigenvalue weighted by atomic mass is 10.0. The van der Waals surface area contributed by atoms with Crippen LogP contribution in [0.1, 0.15) is 39.3 Å². The van der Waals surface area contributed by atoms with E-state index in [4.69, 9.17) is 9.47 Å². The Morgan fingerprint density at radius 1 is 1.08 bits per heavy atom. The number of hydrogen-bond acceptors (Lipinski definition) is 4. The lowest BCUT2D eigenvalue weighted by Gasteiger charge is -2.09. The molecule has 2 aromatic rings. The number of esters is 2. The molecule has 0 unspecified atom stereocenters. The molecule has 0 atom stereocenters. The first-order chi connectivity index (χ1) is 12.1. The summed E-state index contributed by atoms with van der Waals surface area (Å²) in [7, 11) is 4.47. The van der Waals surface area contributed by atoms with Crippen LogP contribution in [0.4, 0.5) is 0 Å². The van der Waals surface area contributed by atoms with E-state index in [2.05, 4.69) is 6.58 Å². The summed E-state index contributed by atoms with van der Waals surface area (Å²) < 4.78 is 11.8. The zero-order valence-corrected chi connectivity index (χ0v) is 14.9. The molecular weight excluding hydrogens is 318 g/mol. The highest BCUT2D eigenvalue weighted by atomic mass is 16.5. The van der Waals surface area contributed by atoms with Gasteiger partial charge in [-0.1, -0.05) is 36.4 Å². The number of carbonyl (C=O) groups is 2. The Bertz CT molecular complexity index is 775. The van der Waals surface area contributed by atoms with E-state index in [9.17, 15) is 9.59 Å². The minimum absolute atomic E-state index is 0.247. The van der Waals surface area contributed by atoms with Crippen molar-refractivity contribution in [3.63, 3.8) is 0 Å². The van der Waals surface area contributed by atoms with Gasteiger partial charge in [-0.15, -0.1) is 6.58 Å². The van der Waals surface area contributed by atoms with E-state index in [0.717, 1.165) is 24.1 Å². The van der Waals surface area contributed by atoms with Crippen molar-refractivity contribution in [2.45, 2.75) is 19.3 Å². The Balaban J connectivity index is 2.75. The summed E-state index contributed by atoms with van der Waals surface area (Å²) in [6.07, 6.45) is 4.10. The lowest BCUT2D eigenvalue weighted by Crippen LogP contribution is -2.12. The number of methoxy groups -OCH3 is 2. The number of allylic oxidation sites excluding steroid dienone is 1. The topological polar surface area (TPSA) is 57.5 Å². The number of unbranched alkanes of at least 4 members (excludes halogenated alkanes) is 1. The largest absolute Gasteiger partial charge is 0.465 e. The van der Waals surface area contributed by atoms with Gasteiger partial charge < -0.3 is 14.0 Å². The molecule has 25 heavy (non-hydrogen) atoms. The molecule has 0 aliphatic rings. The van der Waals surface area contributed by atoms with Crippen LogP contribution in [0.2, 0.25) is 0 Å². The molecule has 0 radical (unpaired) electrons. The minimum atomic E-state index is -0.551. The minimum Gasteiger partial charge on any atom is -0.465 e. The third-order valence-electron chi connectivity index (χ3n) is 4.16. The Morgan fingerprint density at radius 3 is 2.24 bits per heavy atom. The molecule has 0 aliphatic heterocycles. The van der Waals surface area contributed by atoms with Crippen LogP contribution in [0.3, 0.4) is 0 Å². The summed E-state index contributed by atoms with van der Waals surface area (Å²) in [5.41, 5.74) is 2.77. The number of aromatic nitrogens is 1. The van der Waals surface area contributed by atoms with Gasteiger partial charge in [0.1, 0.15) is 5.56 Å². The van der Waals surface area contributed by atoms with Crippen LogP contribution in [-0.4, -0.2) is 30.7 Å². The molecule has 0 bridgehead atoms. The van der Waals surface area contributed by atoms with Gasteiger partial charge in [0, 0.05) is 12.7 Å². The molecule has 1 aromatic carbocycles. The second-order valence-electron chi connectivity index (χ2n) is 5.63. The van der Waals surface area contributed by atoms with Crippen molar-refractivity contribution < 1.29 is 19.1 Å². The molecule has 1 aromatic heterocycles. The lowest BCUT2D eigenvalue weighted by molar-refractivity contribution is 0.0556. The molecule has 0 spiro atoms. The molecule has 0 saturated heterocycles. The molecule has 132 valence electrons. The standard InChI is InChI=1S/C20H23NO4/c1-5-6-8-13-15-16(19(22)24-3)17(20(23)25-4)18(21(15)2)14-11-9-7-10-12-14/h5,7,9-12H,1,6,8,13H2,2-4H3. The smallest absolute Gasteiger partial charge is 0.340 e. The maximum absolute atomic E-state index is 12.5. The van der Waals surface area contributed by atoms with Crippen LogP contribution in [0.15, 0.2) is 43.0 Å². The van der Waals surface area contributed by atoms with Crippen LogP contribution in [0.25, 0.3) is 11.3 Å². The average molecular weight is 341 g/mol. The quantitative estimate of drug-likeness (QED) is 0.437. The van der Waals surface area contributed by atoms with Crippen molar-refractivity contribution in [1.29, 1.82) is 0 Å². The predicted molar refractivity (Wildman–Crippen MR) is 96.7 cm³/mol. The van der Waals surface area contributed by atoms with Gasteiger partial charge in [0.05, 0.1) is 25.5 Å². The van der Waals surface area contributed by atoms with E-state index in [1.807, 2.05) is 48.0 Å². The molecule has 0 aliphatic carbocycles. The third kappa shape index (κ3) is 3.65. The molecule has 0 amide bonds. The maximum Gasteiger partial charge on any atom is 0.340 e. The van der Waals surface area contributed by atoms with Gasteiger partial charge in [-0.25, -0.2) is 9.59 Å². The van der Waals surface area contributed by atoms with Crippen LogP contribution in [0, 0.1) is 0 Å². The Labute approximate surface area is 147 Å². The van der Waals surface area contributed by atoms with Gasteiger partial charge in [0.25, 0.3) is 0 Å². The van der Waals surface area contributed by atoms with E-state index in [1.54, 1.807) is 0 Å². The highest BCUT2D eigenvalue weighted by Crippen LogP contribution is 2.33. The van der Waals surface area contributed by atoms with Crippen molar-refractivity contribution in [3.05, 3.63) is 59.8 Å². The molecule has 5 nitrogen and oxygen atoms in total. The molecular formula is C20H23NO4. The fraction of sp³-hybridized carbons (Fsp3) is 0.300. The van der Waals surface area contributed by atoms with E-state index in [1.165, 1.54) is 14.2 Å². The summed E-state index contributed by atoms with van der Waals surface area (Å²) in [6.45, 7) is 3.73. The molecule has 0 fully saturated rings. The summed E-state index contributed by atoms with van der Waals surface area (Å²) in [5, 5.41) is 0. The van der Waals surface area contributed by atoms with E-state index < -0.39 is 11.9 Å². The summed E-state index contributed by atoms with van der Waals surface area (Å²) >= 11 is 0. The van der Waals surface area contributed by atoms with E-state index >= 15 is 0 Å². The van der Waals surface area contributed by atoms with E-state index in [0.29, 0.717) is 12.1 Å². The van der Waals surface area contributed by atoms with Gasteiger partial charge in [-0.3, -0.25) is 0 Å². The van der Waals surface area contributed by atoms with Gasteiger partial charge in [0.15, 0.2) is 0 Å². The van der Waals surface area contributed by atoms with Gasteiger partial charge in [-0.2, -0.15) is 0 Å². The summed E-state index contributed by atoms with van der Waals surface area (Å²) in [5.74, 6) is -1.09. The SMILES string of the molecule is C=CCCCc1c(C(=O)OC)c(C(=O)OC)c(-c2ccccc2)n1C. The van der Waals surface area contributed by atoms with E-state index in [-0.39, 0.29) is 11.1 Å². The summed E-state index contributed by atoms with van der Waals surface area (Å²) in [6, 6.07) is 9.47. The number of carbonyl (C=O) groups excluding carboxylic acids is 2. The Hall–Kier alpha value is -2.82. The first-order valence-electron chi connectivity index (χ1n) is 8.11. The average Bonchev–Trinajstić information content (AvgIpc) is 2.94. The number of benzene rings is 1. The fourth-order valence-corrected chi connectivity index (χ4v) is 3.00. The normalized spacial score (nSPS) is 10.4. The van der Waals surface area contributed by atoms with Gasteiger partial charge in [-0.05, 0) is 24.8 Å². The molecule has 0 N–H and O–H groups in total. The van der Waals surface area contributed by atoms with Crippen LogP contribution in [-0.2, 0) is 22.9 Å². The van der Waals surface area contributed by atoms with Crippen molar-refractivity contribution in [1.82, 2.24) is 4.57 Å². The van der Waals surface area contributed by atoms with Crippen LogP contribution < -0.4 is 0 Å². The first kappa shape index (κ1) is 18.5. The number of hydrogen-bond donors (Lipinski definition) is 0. The van der Waals surface area contributed by atoms with Gasteiger partial charge in [0.2, 0.25) is 0 Å². The molecule has 1 heterocycles. The van der Waals surface area contributed by atoms with Crippen LogP contribution in [0.5, 0.6) is 0 Å². The molecule has 5 heteroatoms. The maximum atomic E-state index is 12.5. The van der Waals surface area contributed by atoms with Crippen LogP contribution >= 0.6 is 0 Å². The number of ether oxygens (including phenoxy) is 2. The Kier molecular flexibility index (Phi) is 6.17. The zero-order valence-electron chi connectivity index (χ0n) is 14.9. The first-order valence-corrected chi connectivity index (χ1v) is 8.11. The van der Waals surface area contributed by atoms with Crippen molar-refractivity contribution in [3.8, 4) is 11.3 Å². The molecule has 0 saturated carbocycles. The predicted octanol–water partition coefficient (Wildman–Crippen LogP) is 3.77. The van der Waals surface area contributed by atoms with Crippen molar-refractivity contribution >= 4 is 11.9 Å².